The van der Waals surface area contributed by atoms with E-state index < -0.39 is 0 Å². The van der Waals surface area contributed by atoms with Crippen LogP contribution in [-0.4, -0.2) is 33.5 Å². The molecular weight excluding hydrogens is 424 g/mol. The topological polar surface area (TPSA) is 78.3 Å². The van der Waals surface area contributed by atoms with Gasteiger partial charge in [-0.3, -0.25) is 9.36 Å². The molecule has 0 spiro atoms. The molecular formula is C24H28N4O3S. The maximum atomic E-state index is 12.4. The summed E-state index contributed by atoms with van der Waals surface area (Å²) in [6.07, 6.45) is 2.40. The number of methoxy groups -OCH3 is 1. The lowest BCUT2D eigenvalue weighted by Gasteiger charge is -2.16. The van der Waals surface area contributed by atoms with Gasteiger partial charge in [0, 0.05) is 12.2 Å². The number of carbonyl (C=O) groups is 1. The molecule has 3 rings (SSSR count). The lowest BCUT2D eigenvalue weighted by Crippen LogP contribution is -2.15. The number of anilines is 1. The van der Waals surface area contributed by atoms with Gasteiger partial charge in [-0.15, -0.1) is 16.8 Å². The van der Waals surface area contributed by atoms with E-state index in [1.807, 2.05) is 60.0 Å². The average molecular weight is 453 g/mol. The number of nitrogens with one attached hydrogen (secondary N) is 1. The van der Waals surface area contributed by atoms with Gasteiger partial charge >= 0.3 is 0 Å². The number of thioether (sulfide) groups is 1. The van der Waals surface area contributed by atoms with E-state index >= 15 is 0 Å². The largest absolute Gasteiger partial charge is 0.497 e. The smallest absolute Gasteiger partial charge is 0.234 e. The Kier molecular flexibility index (Phi) is 8.33. The summed E-state index contributed by atoms with van der Waals surface area (Å²) in [7, 11) is 1.62. The highest BCUT2D eigenvalue weighted by Gasteiger charge is 2.20. The lowest BCUT2D eigenvalue weighted by molar-refractivity contribution is -0.113. The van der Waals surface area contributed by atoms with E-state index in [-0.39, 0.29) is 17.8 Å². The van der Waals surface area contributed by atoms with E-state index in [9.17, 15) is 4.79 Å². The van der Waals surface area contributed by atoms with Crippen LogP contribution < -0.4 is 14.8 Å². The lowest BCUT2D eigenvalue weighted by atomic mass is 10.1. The maximum Gasteiger partial charge on any atom is 0.234 e. The molecule has 1 amide bonds. The van der Waals surface area contributed by atoms with Crippen LogP contribution in [-0.2, 0) is 17.8 Å². The average Bonchev–Trinajstić information content (AvgIpc) is 3.21. The summed E-state index contributed by atoms with van der Waals surface area (Å²) in [4.78, 5) is 12.4. The van der Waals surface area contributed by atoms with Gasteiger partial charge < -0.3 is 14.8 Å². The molecule has 2 aromatic carbocycles. The Morgan fingerprint density at radius 1 is 1.16 bits per heavy atom. The molecule has 1 heterocycles. The molecule has 0 aliphatic heterocycles. The Morgan fingerprint density at radius 2 is 1.84 bits per heavy atom. The SMILES string of the molecule is C=CCn1c(SCC(=O)Nc2ccc(CC)cc2)nnc1C(C)Oc1ccc(OC)cc1. The second-order valence-electron chi connectivity index (χ2n) is 7.06. The van der Waals surface area contributed by atoms with Crippen LogP contribution in [0.1, 0.15) is 31.3 Å². The molecule has 1 atom stereocenters. The van der Waals surface area contributed by atoms with Gasteiger partial charge in [0.1, 0.15) is 11.5 Å². The van der Waals surface area contributed by atoms with Crippen LogP contribution in [0.4, 0.5) is 5.69 Å². The molecule has 1 unspecified atom stereocenters. The summed E-state index contributed by atoms with van der Waals surface area (Å²) in [6.45, 7) is 8.35. The van der Waals surface area contributed by atoms with Gasteiger partial charge in [-0.2, -0.15) is 0 Å². The Balaban J connectivity index is 1.63. The summed E-state index contributed by atoms with van der Waals surface area (Å²) in [6, 6.07) is 15.2. The monoisotopic (exact) mass is 452 g/mol. The van der Waals surface area contributed by atoms with Crippen molar-refractivity contribution in [1.82, 2.24) is 14.8 Å². The van der Waals surface area contributed by atoms with Crippen molar-refractivity contribution in [2.75, 3.05) is 18.2 Å². The summed E-state index contributed by atoms with van der Waals surface area (Å²) in [5.41, 5.74) is 2.01. The number of aryl methyl sites for hydroxylation is 1. The Morgan fingerprint density at radius 3 is 2.47 bits per heavy atom. The first kappa shape index (κ1) is 23.4. The van der Waals surface area contributed by atoms with Crippen LogP contribution >= 0.6 is 11.8 Å². The van der Waals surface area contributed by atoms with Crippen molar-refractivity contribution in [3.63, 3.8) is 0 Å². The zero-order valence-corrected chi connectivity index (χ0v) is 19.4. The van der Waals surface area contributed by atoms with Crippen LogP contribution in [0.2, 0.25) is 0 Å². The zero-order valence-electron chi connectivity index (χ0n) is 18.6. The molecule has 0 fully saturated rings. The van der Waals surface area contributed by atoms with E-state index in [2.05, 4.69) is 29.0 Å². The second kappa shape index (κ2) is 11.4. The number of hydrogen-bond donors (Lipinski definition) is 1. The first-order valence-electron chi connectivity index (χ1n) is 10.4. The van der Waals surface area contributed by atoms with Gasteiger partial charge in [0.25, 0.3) is 0 Å². The zero-order chi connectivity index (χ0) is 22.9. The number of rotatable bonds is 11. The van der Waals surface area contributed by atoms with Crippen LogP contribution in [0.3, 0.4) is 0 Å². The molecule has 0 aliphatic carbocycles. The highest BCUT2D eigenvalue weighted by Crippen LogP contribution is 2.26. The number of nitrogens with zero attached hydrogens (tertiary/aromatic N) is 3. The first-order chi connectivity index (χ1) is 15.5. The number of allylic oxidation sites excluding steroid dienone is 1. The normalized spacial score (nSPS) is 11.6. The van der Waals surface area contributed by atoms with E-state index in [0.717, 1.165) is 17.9 Å². The van der Waals surface area contributed by atoms with Gasteiger partial charge in [0.15, 0.2) is 17.1 Å². The first-order valence-corrected chi connectivity index (χ1v) is 11.4. The fourth-order valence-electron chi connectivity index (χ4n) is 3.07. The Bertz CT molecular complexity index is 1030. The van der Waals surface area contributed by atoms with Crippen molar-refractivity contribution >= 4 is 23.4 Å². The maximum absolute atomic E-state index is 12.4. The minimum absolute atomic E-state index is 0.100. The van der Waals surface area contributed by atoms with Crippen LogP contribution in [0.15, 0.2) is 66.3 Å². The van der Waals surface area contributed by atoms with Gasteiger partial charge in [-0.1, -0.05) is 36.9 Å². The molecule has 0 saturated heterocycles. The molecule has 32 heavy (non-hydrogen) atoms. The van der Waals surface area contributed by atoms with Crippen LogP contribution in [0.5, 0.6) is 11.5 Å². The predicted octanol–water partition coefficient (Wildman–Crippen LogP) is 4.91. The highest BCUT2D eigenvalue weighted by atomic mass is 32.2. The molecule has 8 heteroatoms. The van der Waals surface area contributed by atoms with E-state index in [0.29, 0.717) is 23.3 Å². The van der Waals surface area contributed by atoms with Gasteiger partial charge in [-0.25, -0.2) is 0 Å². The molecule has 0 saturated carbocycles. The minimum atomic E-state index is -0.337. The molecule has 7 nitrogen and oxygen atoms in total. The van der Waals surface area contributed by atoms with Crippen molar-refractivity contribution in [3.8, 4) is 11.5 Å². The Labute approximate surface area is 192 Å². The van der Waals surface area contributed by atoms with Gasteiger partial charge in [0.05, 0.1) is 12.9 Å². The molecule has 1 aromatic heterocycles. The minimum Gasteiger partial charge on any atom is -0.497 e. The molecule has 168 valence electrons. The number of hydrogen-bond acceptors (Lipinski definition) is 6. The van der Waals surface area contributed by atoms with Crippen LogP contribution in [0, 0.1) is 0 Å². The van der Waals surface area contributed by atoms with E-state index in [1.54, 1.807) is 13.2 Å². The third-order valence-electron chi connectivity index (χ3n) is 4.77. The van der Waals surface area contributed by atoms with E-state index in [4.69, 9.17) is 9.47 Å². The summed E-state index contributed by atoms with van der Waals surface area (Å²) < 4.78 is 13.1. The van der Waals surface area contributed by atoms with Gasteiger partial charge in [-0.05, 0) is 55.3 Å². The molecule has 0 bridgehead atoms. The number of amides is 1. The summed E-state index contributed by atoms with van der Waals surface area (Å²) in [5.74, 6) is 2.25. The second-order valence-corrected chi connectivity index (χ2v) is 8.01. The Hall–Kier alpha value is -3.26. The third kappa shape index (κ3) is 6.13. The fourth-order valence-corrected chi connectivity index (χ4v) is 3.83. The number of ether oxygens (including phenoxy) is 2. The van der Waals surface area contributed by atoms with E-state index in [1.165, 1.54) is 17.3 Å². The van der Waals surface area contributed by atoms with Crippen LogP contribution in [0.25, 0.3) is 0 Å². The molecule has 3 aromatic rings. The molecule has 0 radical (unpaired) electrons. The number of carbonyl (C=O) groups excluding carboxylic acids is 1. The highest BCUT2D eigenvalue weighted by molar-refractivity contribution is 7.99. The summed E-state index contributed by atoms with van der Waals surface area (Å²) in [5, 5.41) is 12.1. The predicted molar refractivity (Wildman–Crippen MR) is 127 cm³/mol. The van der Waals surface area contributed by atoms with Crippen molar-refractivity contribution in [3.05, 3.63) is 72.6 Å². The molecule has 1 N–H and O–H groups in total. The molecule has 0 aliphatic rings. The van der Waals surface area contributed by atoms with Crippen molar-refractivity contribution in [2.45, 2.75) is 38.1 Å². The fraction of sp³-hybridized carbons (Fsp3) is 0.292. The number of benzene rings is 2. The van der Waals surface area contributed by atoms with Crippen molar-refractivity contribution in [1.29, 1.82) is 0 Å². The van der Waals surface area contributed by atoms with Crippen molar-refractivity contribution < 1.29 is 14.3 Å². The van der Waals surface area contributed by atoms with Gasteiger partial charge in [0.2, 0.25) is 5.91 Å². The number of aromatic nitrogens is 3. The summed E-state index contributed by atoms with van der Waals surface area (Å²) >= 11 is 1.33. The standard InChI is InChI=1S/C24H28N4O3S/c1-5-15-28-23(17(3)31-21-13-11-20(30-4)12-14-21)26-27-24(28)32-16-22(29)25-19-9-7-18(6-2)8-10-19/h5,7-14,17H,1,6,15-16H2,2-4H3,(H,25,29). The third-order valence-corrected chi connectivity index (χ3v) is 5.74. The quantitative estimate of drug-likeness (QED) is 0.329. The van der Waals surface area contributed by atoms with Crippen molar-refractivity contribution in [2.24, 2.45) is 0 Å².